The lowest BCUT2D eigenvalue weighted by Crippen LogP contribution is -2.08. The second-order valence-electron chi connectivity index (χ2n) is 6.09. The second kappa shape index (κ2) is 6.33. The zero-order valence-corrected chi connectivity index (χ0v) is 13.7. The molecule has 0 spiro atoms. The maximum absolute atomic E-state index is 10.9. The zero-order chi connectivity index (χ0) is 18.1. The number of pyridine rings is 1. The van der Waals surface area contributed by atoms with E-state index in [1.165, 1.54) is 35.8 Å². The zero-order valence-electron chi connectivity index (χ0n) is 13.7. The number of fused-ring (bicyclic) bond motifs is 1. The van der Waals surface area contributed by atoms with E-state index in [4.69, 9.17) is 11.7 Å². The summed E-state index contributed by atoms with van der Waals surface area (Å²) in [5.74, 6) is 1.07. The largest absolute Gasteiger partial charge is 0.478 e. The van der Waals surface area contributed by atoms with Crippen LogP contribution < -0.4 is 10.6 Å². The fourth-order valence-electron chi connectivity index (χ4n) is 2.51. The maximum Gasteiger partial charge on any atom is 0.337 e. The van der Waals surface area contributed by atoms with Crippen LogP contribution in [0.3, 0.4) is 0 Å². The molecule has 1 saturated carbocycles. The van der Waals surface area contributed by atoms with Crippen LogP contribution in [0.4, 0.5) is 23.1 Å². The van der Waals surface area contributed by atoms with Crippen LogP contribution in [-0.4, -0.2) is 37.2 Å². The number of aromatic carboxylic acids is 1. The number of hydrogen-bond donors (Lipinski definition) is 3. The predicted octanol–water partition coefficient (Wildman–Crippen LogP) is 2.94. The first-order valence-electron chi connectivity index (χ1n) is 8.10. The van der Waals surface area contributed by atoms with Crippen molar-refractivity contribution in [3.63, 3.8) is 0 Å². The summed E-state index contributed by atoms with van der Waals surface area (Å²) in [6, 6.07) is 4.86. The number of carbonyl (C=O) groups is 1. The van der Waals surface area contributed by atoms with Crippen LogP contribution in [0.5, 0.6) is 0 Å². The van der Waals surface area contributed by atoms with Crippen LogP contribution in [0, 0.1) is 12.5 Å². The van der Waals surface area contributed by atoms with Crippen molar-refractivity contribution in [3.8, 4) is 0 Å². The van der Waals surface area contributed by atoms with Crippen LogP contribution in [-0.2, 0) is 0 Å². The van der Waals surface area contributed by atoms with Gasteiger partial charge in [-0.3, -0.25) is 0 Å². The smallest absolute Gasteiger partial charge is 0.337 e. The van der Waals surface area contributed by atoms with Crippen molar-refractivity contribution in [3.05, 3.63) is 47.6 Å². The van der Waals surface area contributed by atoms with Crippen molar-refractivity contribution in [1.82, 2.24) is 19.6 Å². The van der Waals surface area contributed by atoms with Gasteiger partial charge >= 0.3 is 5.97 Å². The van der Waals surface area contributed by atoms with Gasteiger partial charge in [0.05, 0.1) is 11.8 Å². The number of anilines is 3. The molecule has 130 valence electrons. The lowest BCUT2D eigenvalue weighted by Gasteiger charge is -2.09. The van der Waals surface area contributed by atoms with Crippen LogP contribution >= 0.6 is 0 Å². The number of imidazole rings is 1. The summed E-state index contributed by atoms with van der Waals surface area (Å²) in [5, 5.41) is 19.8. The van der Waals surface area contributed by atoms with Crippen LogP contribution in [0.15, 0.2) is 30.6 Å². The molecular weight excluding hydrogens is 334 g/mol. The minimum Gasteiger partial charge on any atom is -0.478 e. The van der Waals surface area contributed by atoms with Gasteiger partial charge in [0.25, 0.3) is 11.5 Å². The highest BCUT2D eigenvalue weighted by atomic mass is 16.4. The summed E-state index contributed by atoms with van der Waals surface area (Å²) < 4.78 is 1.48. The molecule has 4 rings (SSSR count). The Morgan fingerprint density at radius 3 is 2.81 bits per heavy atom. The summed E-state index contributed by atoms with van der Waals surface area (Å²) in [4.78, 5) is 22.7. The van der Waals surface area contributed by atoms with Crippen LogP contribution in [0.25, 0.3) is 10.5 Å². The van der Waals surface area contributed by atoms with E-state index in [9.17, 15) is 4.79 Å². The molecule has 0 atom stereocenters. The molecule has 9 nitrogen and oxygen atoms in total. The molecule has 0 amide bonds. The fraction of sp³-hybridized carbons (Fsp3) is 0.235. The van der Waals surface area contributed by atoms with E-state index in [2.05, 4.69) is 30.5 Å². The van der Waals surface area contributed by atoms with Crippen molar-refractivity contribution in [2.45, 2.75) is 12.8 Å². The van der Waals surface area contributed by atoms with Crippen molar-refractivity contribution < 1.29 is 9.90 Å². The first-order valence-corrected chi connectivity index (χ1v) is 8.10. The van der Waals surface area contributed by atoms with Gasteiger partial charge in [0, 0.05) is 18.8 Å². The van der Waals surface area contributed by atoms with Crippen molar-refractivity contribution in [2.75, 3.05) is 17.2 Å². The van der Waals surface area contributed by atoms with Gasteiger partial charge in [-0.1, -0.05) is 11.7 Å². The predicted molar refractivity (Wildman–Crippen MR) is 94.9 cm³/mol. The first kappa shape index (κ1) is 15.8. The Hall–Kier alpha value is -3.67. The number of carboxylic acid groups (broad SMARTS) is 1. The summed E-state index contributed by atoms with van der Waals surface area (Å²) >= 11 is 0. The number of nitrogens with zero attached hydrogens (tertiary/aromatic N) is 5. The number of rotatable bonds is 6. The third kappa shape index (κ3) is 3.12. The van der Waals surface area contributed by atoms with Crippen molar-refractivity contribution >= 4 is 34.8 Å². The third-order valence-electron chi connectivity index (χ3n) is 4.11. The molecule has 0 aliphatic heterocycles. The van der Waals surface area contributed by atoms with Gasteiger partial charge < -0.3 is 20.6 Å². The van der Waals surface area contributed by atoms with E-state index in [0.717, 1.165) is 6.54 Å². The van der Waals surface area contributed by atoms with Gasteiger partial charge in [-0.2, -0.15) is 0 Å². The fourth-order valence-corrected chi connectivity index (χ4v) is 2.51. The Bertz CT molecular complexity index is 1020. The van der Waals surface area contributed by atoms with E-state index in [-0.39, 0.29) is 5.56 Å². The van der Waals surface area contributed by atoms with E-state index in [1.807, 2.05) is 6.07 Å². The van der Waals surface area contributed by atoms with Gasteiger partial charge in [0.15, 0.2) is 5.82 Å². The van der Waals surface area contributed by atoms with E-state index in [1.54, 1.807) is 6.07 Å². The summed E-state index contributed by atoms with van der Waals surface area (Å²) in [6.07, 6.45) is 5.19. The topological polar surface area (TPSA) is 109 Å². The molecule has 0 saturated heterocycles. The molecule has 1 fully saturated rings. The Balaban J connectivity index is 1.68. The highest BCUT2D eigenvalue weighted by Crippen LogP contribution is 2.30. The number of aromatic nitrogens is 4. The average molecular weight is 349 g/mol. The Kier molecular flexibility index (Phi) is 3.85. The molecule has 1 aliphatic carbocycles. The molecule has 3 N–H and O–H groups in total. The van der Waals surface area contributed by atoms with Gasteiger partial charge in [-0.15, -0.1) is 4.52 Å². The van der Waals surface area contributed by atoms with Crippen molar-refractivity contribution in [2.24, 2.45) is 5.92 Å². The molecule has 3 aromatic rings. The van der Waals surface area contributed by atoms with Crippen LogP contribution in [0.1, 0.15) is 23.2 Å². The SMILES string of the molecule is [C-]#[N+]c1cnc2c(Nc3ccc(C(=O)O)cn3)cc(NCC3CC3)nn12. The molecule has 26 heavy (non-hydrogen) atoms. The monoisotopic (exact) mass is 349 g/mol. The summed E-state index contributed by atoms with van der Waals surface area (Å²) in [5.41, 5.74) is 1.24. The number of nitrogens with one attached hydrogen (secondary N) is 2. The van der Waals surface area contributed by atoms with Gasteiger partial charge in [0.2, 0.25) is 0 Å². The van der Waals surface area contributed by atoms with E-state index >= 15 is 0 Å². The van der Waals surface area contributed by atoms with Crippen molar-refractivity contribution in [1.29, 1.82) is 0 Å². The third-order valence-corrected chi connectivity index (χ3v) is 4.11. The quantitative estimate of drug-likeness (QED) is 0.587. The Labute approximate surface area is 148 Å². The highest BCUT2D eigenvalue weighted by Gasteiger charge is 2.22. The number of hydrogen-bond acceptors (Lipinski definition) is 6. The molecule has 0 radical (unpaired) electrons. The Morgan fingerprint density at radius 2 is 2.15 bits per heavy atom. The lowest BCUT2D eigenvalue weighted by atomic mass is 10.3. The minimum absolute atomic E-state index is 0.110. The van der Waals surface area contributed by atoms with Gasteiger partial charge in [-0.05, 0) is 30.9 Å². The van der Waals surface area contributed by atoms with E-state index in [0.29, 0.717) is 34.7 Å². The molecule has 0 aromatic carbocycles. The van der Waals surface area contributed by atoms with Gasteiger partial charge in [0.1, 0.15) is 11.5 Å². The van der Waals surface area contributed by atoms with Gasteiger partial charge in [-0.25, -0.2) is 14.8 Å². The standard InChI is InChI=1S/C17H15N7O2/c1-18-15-9-21-16-12(22-13-5-4-11(8-20-13)17(25)26)6-14(23-24(15)16)19-7-10-2-3-10/h4-6,8-10H,2-3,7H2,(H,19,23)(H,20,22)(H,25,26). The molecule has 9 heteroatoms. The minimum atomic E-state index is -1.03. The second-order valence-corrected chi connectivity index (χ2v) is 6.09. The molecule has 0 unspecified atom stereocenters. The molecule has 1 aliphatic rings. The molecule has 0 bridgehead atoms. The van der Waals surface area contributed by atoms with Crippen LogP contribution in [0.2, 0.25) is 0 Å². The first-order chi connectivity index (χ1) is 12.6. The maximum atomic E-state index is 10.9. The summed E-state index contributed by atoms with van der Waals surface area (Å²) in [6.45, 7) is 8.10. The average Bonchev–Trinajstić information content (AvgIpc) is 3.38. The number of carboxylic acids is 1. The molecule has 3 aromatic heterocycles. The normalized spacial score (nSPS) is 13.3. The molecular formula is C17H15N7O2. The molecule has 3 heterocycles. The Morgan fingerprint density at radius 1 is 1.31 bits per heavy atom. The lowest BCUT2D eigenvalue weighted by molar-refractivity contribution is 0.0696. The highest BCUT2D eigenvalue weighted by molar-refractivity contribution is 5.87. The summed E-state index contributed by atoms with van der Waals surface area (Å²) in [7, 11) is 0. The van der Waals surface area contributed by atoms with E-state index < -0.39 is 5.97 Å².